The summed E-state index contributed by atoms with van der Waals surface area (Å²) in [7, 11) is 0. The minimum atomic E-state index is 0.770. The van der Waals surface area contributed by atoms with Crippen molar-refractivity contribution in [1.29, 1.82) is 0 Å². The van der Waals surface area contributed by atoms with Crippen LogP contribution in [0, 0.1) is 0 Å². The molecule has 0 unspecified atom stereocenters. The highest BCUT2D eigenvalue weighted by Gasteiger charge is 2.02. The molecule has 2 N–H and O–H groups in total. The molecule has 2 rings (SSSR count). The Balaban J connectivity index is 2.28. The van der Waals surface area contributed by atoms with Gasteiger partial charge in [0.25, 0.3) is 0 Å². The molecule has 0 saturated heterocycles. The van der Waals surface area contributed by atoms with E-state index in [1.807, 2.05) is 36.4 Å². The van der Waals surface area contributed by atoms with Crippen LogP contribution >= 0.6 is 15.9 Å². The maximum Gasteiger partial charge on any atom is 0.0448 e. The average molecular weight is 263 g/mol. The standard InChI is InChI=1S/C12H11BrN2/c13-10-4-5-12(14)9(7-10)8-11-3-1-2-6-15-11/h1-7H,8,14H2. The van der Waals surface area contributed by atoms with Gasteiger partial charge in [-0.3, -0.25) is 4.98 Å². The van der Waals surface area contributed by atoms with Gasteiger partial charge in [-0.1, -0.05) is 22.0 Å². The van der Waals surface area contributed by atoms with E-state index in [9.17, 15) is 0 Å². The predicted octanol–water partition coefficient (Wildman–Crippen LogP) is 3.02. The quantitative estimate of drug-likeness (QED) is 0.846. The van der Waals surface area contributed by atoms with E-state index in [0.29, 0.717) is 0 Å². The van der Waals surface area contributed by atoms with Crippen LogP contribution in [0.25, 0.3) is 0 Å². The summed E-state index contributed by atoms with van der Waals surface area (Å²) in [5.74, 6) is 0. The van der Waals surface area contributed by atoms with Gasteiger partial charge in [-0.15, -0.1) is 0 Å². The van der Waals surface area contributed by atoms with E-state index in [1.54, 1.807) is 6.20 Å². The molecule has 3 heteroatoms. The summed E-state index contributed by atoms with van der Waals surface area (Å²) < 4.78 is 1.04. The minimum absolute atomic E-state index is 0.770. The fourth-order valence-electron chi connectivity index (χ4n) is 1.43. The number of rotatable bonds is 2. The van der Waals surface area contributed by atoms with Crippen LogP contribution in [0.4, 0.5) is 5.69 Å². The van der Waals surface area contributed by atoms with Crippen LogP contribution in [0.15, 0.2) is 47.1 Å². The molecule has 1 aromatic heterocycles. The van der Waals surface area contributed by atoms with E-state index in [4.69, 9.17) is 5.73 Å². The molecule has 0 bridgehead atoms. The van der Waals surface area contributed by atoms with Crippen molar-refractivity contribution in [2.45, 2.75) is 6.42 Å². The molecule has 0 aliphatic rings. The summed E-state index contributed by atoms with van der Waals surface area (Å²) in [5.41, 5.74) is 8.83. The number of nitrogens with zero attached hydrogens (tertiary/aromatic N) is 1. The van der Waals surface area contributed by atoms with E-state index >= 15 is 0 Å². The van der Waals surface area contributed by atoms with Gasteiger partial charge in [-0.2, -0.15) is 0 Å². The number of pyridine rings is 1. The molecule has 0 radical (unpaired) electrons. The molecule has 0 aliphatic heterocycles. The Morgan fingerprint density at radius 1 is 1.20 bits per heavy atom. The van der Waals surface area contributed by atoms with Gasteiger partial charge in [0, 0.05) is 28.5 Å². The summed E-state index contributed by atoms with van der Waals surface area (Å²) >= 11 is 3.43. The third-order valence-electron chi connectivity index (χ3n) is 2.20. The molecule has 0 amide bonds. The van der Waals surface area contributed by atoms with Crippen molar-refractivity contribution in [1.82, 2.24) is 4.98 Å². The normalized spacial score (nSPS) is 10.2. The first-order valence-corrected chi connectivity index (χ1v) is 5.49. The lowest BCUT2D eigenvalue weighted by molar-refractivity contribution is 1.08. The van der Waals surface area contributed by atoms with Crippen LogP contribution in [0.2, 0.25) is 0 Å². The van der Waals surface area contributed by atoms with Gasteiger partial charge in [-0.25, -0.2) is 0 Å². The number of nitrogen functional groups attached to an aromatic ring is 1. The monoisotopic (exact) mass is 262 g/mol. The number of hydrogen-bond acceptors (Lipinski definition) is 2. The number of nitrogens with two attached hydrogens (primary N) is 1. The van der Waals surface area contributed by atoms with Crippen molar-refractivity contribution in [2.24, 2.45) is 0 Å². The second kappa shape index (κ2) is 4.45. The summed E-state index contributed by atoms with van der Waals surface area (Å²) in [5, 5.41) is 0. The molecule has 1 heterocycles. The Labute approximate surface area is 97.3 Å². The third kappa shape index (κ3) is 2.57. The zero-order valence-corrected chi connectivity index (χ0v) is 9.74. The van der Waals surface area contributed by atoms with Crippen molar-refractivity contribution >= 4 is 21.6 Å². The van der Waals surface area contributed by atoms with Crippen molar-refractivity contribution in [3.8, 4) is 0 Å². The van der Waals surface area contributed by atoms with Crippen molar-refractivity contribution in [2.75, 3.05) is 5.73 Å². The zero-order valence-electron chi connectivity index (χ0n) is 8.15. The Kier molecular flexibility index (Phi) is 3.02. The summed E-state index contributed by atoms with van der Waals surface area (Å²) in [6.45, 7) is 0. The van der Waals surface area contributed by atoms with Crippen molar-refractivity contribution in [3.63, 3.8) is 0 Å². The van der Waals surface area contributed by atoms with E-state index in [2.05, 4.69) is 20.9 Å². The fourth-order valence-corrected chi connectivity index (χ4v) is 1.83. The lowest BCUT2D eigenvalue weighted by Gasteiger charge is -2.05. The lowest BCUT2D eigenvalue weighted by Crippen LogP contribution is -1.97. The third-order valence-corrected chi connectivity index (χ3v) is 2.70. The van der Waals surface area contributed by atoms with Crippen LogP contribution in [-0.2, 0) is 6.42 Å². The Morgan fingerprint density at radius 2 is 2.07 bits per heavy atom. The number of hydrogen-bond donors (Lipinski definition) is 1. The summed E-state index contributed by atoms with van der Waals surface area (Å²) in [4.78, 5) is 4.27. The van der Waals surface area contributed by atoms with E-state index in [0.717, 1.165) is 27.8 Å². The van der Waals surface area contributed by atoms with Gasteiger partial charge < -0.3 is 5.73 Å². The molecule has 0 spiro atoms. The molecule has 15 heavy (non-hydrogen) atoms. The molecule has 0 saturated carbocycles. The first-order valence-electron chi connectivity index (χ1n) is 4.69. The predicted molar refractivity (Wildman–Crippen MR) is 65.6 cm³/mol. The topological polar surface area (TPSA) is 38.9 Å². The van der Waals surface area contributed by atoms with Crippen LogP contribution in [0.3, 0.4) is 0 Å². The van der Waals surface area contributed by atoms with Crippen LogP contribution in [-0.4, -0.2) is 4.98 Å². The number of anilines is 1. The lowest BCUT2D eigenvalue weighted by atomic mass is 10.1. The smallest absolute Gasteiger partial charge is 0.0448 e. The number of halogens is 1. The second-order valence-electron chi connectivity index (χ2n) is 3.34. The van der Waals surface area contributed by atoms with Crippen molar-refractivity contribution < 1.29 is 0 Å². The average Bonchev–Trinajstić information content (AvgIpc) is 2.25. The van der Waals surface area contributed by atoms with E-state index in [-0.39, 0.29) is 0 Å². The van der Waals surface area contributed by atoms with Crippen LogP contribution < -0.4 is 5.73 Å². The maximum absolute atomic E-state index is 5.89. The van der Waals surface area contributed by atoms with Gasteiger partial charge in [0.05, 0.1) is 0 Å². The molecule has 0 fully saturated rings. The highest BCUT2D eigenvalue weighted by atomic mass is 79.9. The largest absolute Gasteiger partial charge is 0.398 e. The Morgan fingerprint density at radius 3 is 2.80 bits per heavy atom. The van der Waals surface area contributed by atoms with Gasteiger partial charge in [0.1, 0.15) is 0 Å². The zero-order chi connectivity index (χ0) is 10.7. The molecular weight excluding hydrogens is 252 g/mol. The molecule has 2 aromatic rings. The van der Waals surface area contributed by atoms with E-state index < -0.39 is 0 Å². The maximum atomic E-state index is 5.89. The summed E-state index contributed by atoms with van der Waals surface area (Å²) in [6.07, 6.45) is 2.57. The van der Waals surface area contributed by atoms with Gasteiger partial charge in [-0.05, 0) is 35.9 Å². The number of aromatic nitrogens is 1. The molecule has 0 atom stereocenters. The van der Waals surface area contributed by atoms with Gasteiger partial charge in [0.15, 0.2) is 0 Å². The van der Waals surface area contributed by atoms with E-state index in [1.165, 1.54) is 0 Å². The molecule has 76 valence electrons. The number of benzene rings is 1. The first kappa shape index (κ1) is 10.2. The highest BCUT2D eigenvalue weighted by molar-refractivity contribution is 9.10. The first-order chi connectivity index (χ1) is 7.25. The fraction of sp³-hybridized carbons (Fsp3) is 0.0833. The molecular formula is C12H11BrN2. The molecule has 0 aliphatic carbocycles. The highest BCUT2D eigenvalue weighted by Crippen LogP contribution is 2.20. The molecule has 1 aromatic carbocycles. The minimum Gasteiger partial charge on any atom is -0.398 e. The van der Waals surface area contributed by atoms with Crippen LogP contribution in [0.1, 0.15) is 11.3 Å². The van der Waals surface area contributed by atoms with Crippen LogP contribution in [0.5, 0.6) is 0 Å². The summed E-state index contributed by atoms with van der Waals surface area (Å²) in [6, 6.07) is 11.8. The van der Waals surface area contributed by atoms with Gasteiger partial charge >= 0.3 is 0 Å². The Bertz CT molecular complexity index is 454. The Hall–Kier alpha value is -1.35. The second-order valence-corrected chi connectivity index (χ2v) is 4.26. The molecule has 2 nitrogen and oxygen atoms in total. The SMILES string of the molecule is Nc1ccc(Br)cc1Cc1ccccn1. The van der Waals surface area contributed by atoms with Crippen molar-refractivity contribution in [3.05, 3.63) is 58.3 Å². The van der Waals surface area contributed by atoms with Gasteiger partial charge in [0.2, 0.25) is 0 Å².